The summed E-state index contributed by atoms with van der Waals surface area (Å²) in [4.78, 5) is 20.8. The Balaban J connectivity index is 1.07. The molecule has 0 saturated carbocycles. The van der Waals surface area contributed by atoms with E-state index >= 15 is 0 Å². The van der Waals surface area contributed by atoms with Crippen LogP contribution in [0.15, 0.2) is 218 Å². The van der Waals surface area contributed by atoms with Gasteiger partial charge in [0.15, 0.2) is 11.6 Å². The molecule has 0 N–H and O–H groups in total. The number of para-hydroxylation sites is 2. The van der Waals surface area contributed by atoms with E-state index in [2.05, 4.69) is 185 Å². The fraction of sp³-hybridized carbons (Fsp3) is 0. The summed E-state index contributed by atoms with van der Waals surface area (Å²) in [6.45, 7) is 0. The molecule has 0 atom stereocenters. The zero-order chi connectivity index (χ0) is 41.0. The van der Waals surface area contributed by atoms with Gasteiger partial charge in [0.25, 0.3) is 0 Å². The second-order valence-corrected chi connectivity index (χ2v) is 15.5. The van der Waals surface area contributed by atoms with Crippen LogP contribution >= 0.6 is 0 Å². The maximum atomic E-state index is 5.32. The van der Waals surface area contributed by atoms with Crippen molar-refractivity contribution in [3.05, 3.63) is 218 Å². The molecule has 4 aromatic heterocycles. The summed E-state index contributed by atoms with van der Waals surface area (Å²) in [5.41, 5.74) is 13.4. The highest BCUT2D eigenvalue weighted by atomic mass is 15.2. The van der Waals surface area contributed by atoms with Gasteiger partial charge in [0, 0.05) is 49.5 Å². The van der Waals surface area contributed by atoms with Crippen molar-refractivity contribution in [3.8, 4) is 68.1 Å². The van der Waals surface area contributed by atoms with Gasteiger partial charge in [-0.15, -0.1) is 0 Å². The monoisotopic (exact) mass is 792 g/mol. The van der Waals surface area contributed by atoms with Crippen LogP contribution in [0.5, 0.6) is 0 Å². The molecule has 0 aliphatic rings. The van der Waals surface area contributed by atoms with E-state index in [1.165, 1.54) is 16.5 Å². The van der Waals surface area contributed by atoms with Gasteiger partial charge in [0.1, 0.15) is 0 Å². The van der Waals surface area contributed by atoms with Crippen LogP contribution in [-0.4, -0.2) is 29.1 Å². The van der Waals surface area contributed by atoms with Crippen LogP contribution in [-0.2, 0) is 0 Å². The van der Waals surface area contributed by atoms with E-state index in [1.807, 2.05) is 42.5 Å². The number of benzene rings is 8. The fourth-order valence-corrected chi connectivity index (χ4v) is 8.87. The van der Waals surface area contributed by atoms with Crippen LogP contribution in [0.1, 0.15) is 0 Å². The number of hydrogen-bond acceptors (Lipinski definition) is 4. The normalized spacial score (nSPS) is 11.5. The van der Waals surface area contributed by atoms with Gasteiger partial charge in [-0.05, 0) is 65.7 Å². The SMILES string of the molecule is c1ccc(-c2cccc(-n3c4ccccc4c4cc5c(cc43)c3ccccc3n5-c3nc(-c4ccccc4)nc(-c4cccc(-c5cccc(-c6ccccc6)n5)c4)n3)c2)cc1. The molecule has 0 fully saturated rings. The van der Waals surface area contributed by atoms with Crippen LogP contribution in [0, 0.1) is 0 Å². The average molecular weight is 793 g/mol. The molecule has 6 nitrogen and oxygen atoms in total. The maximum Gasteiger partial charge on any atom is 0.238 e. The van der Waals surface area contributed by atoms with Gasteiger partial charge in [-0.1, -0.05) is 164 Å². The summed E-state index contributed by atoms with van der Waals surface area (Å²) in [5, 5.41) is 4.56. The predicted octanol–water partition coefficient (Wildman–Crippen LogP) is 13.8. The lowest BCUT2D eigenvalue weighted by atomic mass is 10.1. The highest BCUT2D eigenvalue weighted by Gasteiger charge is 2.21. The molecule has 62 heavy (non-hydrogen) atoms. The molecule has 0 bridgehead atoms. The Kier molecular flexibility index (Phi) is 8.38. The summed E-state index contributed by atoms with van der Waals surface area (Å²) < 4.78 is 4.60. The fourth-order valence-electron chi connectivity index (χ4n) is 8.87. The average Bonchev–Trinajstić information content (AvgIpc) is 3.86. The highest BCUT2D eigenvalue weighted by Crippen LogP contribution is 2.40. The summed E-state index contributed by atoms with van der Waals surface area (Å²) >= 11 is 0. The summed E-state index contributed by atoms with van der Waals surface area (Å²) in [5.74, 6) is 1.73. The highest BCUT2D eigenvalue weighted by molar-refractivity contribution is 6.19. The summed E-state index contributed by atoms with van der Waals surface area (Å²) in [6.07, 6.45) is 0. The third-order valence-electron chi connectivity index (χ3n) is 11.8. The van der Waals surface area contributed by atoms with Gasteiger partial charge in [0.2, 0.25) is 5.95 Å². The Hall–Kier alpha value is -8.48. The van der Waals surface area contributed by atoms with E-state index in [1.54, 1.807) is 0 Å². The molecule has 0 aliphatic heterocycles. The molecule has 6 heteroatoms. The Bertz CT molecular complexity index is 3630. The molecule has 0 spiro atoms. The van der Waals surface area contributed by atoms with Crippen molar-refractivity contribution in [2.75, 3.05) is 0 Å². The number of aromatic nitrogens is 6. The Morgan fingerprint density at radius 3 is 1.44 bits per heavy atom. The molecule has 12 aromatic rings. The van der Waals surface area contributed by atoms with Gasteiger partial charge >= 0.3 is 0 Å². The summed E-state index contributed by atoms with van der Waals surface area (Å²) in [7, 11) is 0. The molecule has 0 aliphatic carbocycles. The molecule has 0 amide bonds. The number of hydrogen-bond donors (Lipinski definition) is 0. The molecule has 290 valence electrons. The Labute approximate surface area is 357 Å². The first kappa shape index (κ1) is 35.5. The van der Waals surface area contributed by atoms with Gasteiger partial charge in [-0.3, -0.25) is 4.57 Å². The Morgan fingerprint density at radius 2 is 0.742 bits per heavy atom. The van der Waals surface area contributed by atoms with Crippen LogP contribution in [0.25, 0.3) is 112 Å². The lowest BCUT2D eigenvalue weighted by Crippen LogP contribution is -2.06. The van der Waals surface area contributed by atoms with Crippen molar-refractivity contribution < 1.29 is 0 Å². The van der Waals surface area contributed by atoms with E-state index in [0.29, 0.717) is 17.6 Å². The third kappa shape index (κ3) is 6.04. The predicted molar refractivity (Wildman–Crippen MR) is 253 cm³/mol. The lowest BCUT2D eigenvalue weighted by molar-refractivity contribution is 0.954. The van der Waals surface area contributed by atoms with Gasteiger partial charge < -0.3 is 4.57 Å². The number of rotatable bonds is 7. The van der Waals surface area contributed by atoms with E-state index in [9.17, 15) is 0 Å². The maximum absolute atomic E-state index is 5.32. The van der Waals surface area contributed by atoms with Crippen LogP contribution in [0.3, 0.4) is 0 Å². The van der Waals surface area contributed by atoms with Crippen LogP contribution in [0.4, 0.5) is 0 Å². The summed E-state index contributed by atoms with van der Waals surface area (Å²) in [6, 6.07) is 76.2. The van der Waals surface area contributed by atoms with E-state index in [0.717, 1.165) is 77.6 Å². The van der Waals surface area contributed by atoms with Crippen LogP contribution in [0.2, 0.25) is 0 Å². The van der Waals surface area contributed by atoms with E-state index in [-0.39, 0.29) is 0 Å². The minimum absolute atomic E-state index is 0.549. The van der Waals surface area contributed by atoms with Crippen molar-refractivity contribution in [3.63, 3.8) is 0 Å². The molecule has 0 saturated heterocycles. The number of nitrogens with zero attached hydrogens (tertiary/aromatic N) is 6. The first-order valence-corrected chi connectivity index (χ1v) is 20.8. The topological polar surface area (TPSA) is 61.4 Å². The van der Waals surface area contributed by atoms with Crippen molar-refractivity contribution >= 4 is 43.6 Å². The third-order valence-corrected chi connectivity index (χ3v) is 11.8. The standard InChI is InChI=1S/C56H36N6/c1-4-17-37(18-5-1)40-23-15-26-43(34-40)61-50-31-12-10-27-44(50)46-36-53-47(35-52(46)61)45-28-11-13-32-51(45)62(53)56-59-54(39-21-8-3-9-22-39)58-55(60-56)42-25-14-24-41(33-42)49-30-16-29-48(57-49)38-19-6-2-7-20-38/h1-36H. The number of fused-ring (bicyclic) bond motifs is 6. The van der Waals surface area contributed by atoms with Crippen molar-refractivity contribution in [1.29, 1.82) is 0 Å². The molecule has 0 unspecified atom stereocenters. The van der Waals surface area contributed by atoms with Crippen LogP contribution < -0.4 is 0 Å². The van der Waals surface area contributed by atoms with Crippen molar-refractivity contribution in [2.24, 2.45) is 0 Å². The molecular weight excluding hydrogens is 757 g/mol. The number of pyridine rings is 1. The quantitative estimate of drug-likeness (QED) is 0.161. The molecule has 12 rings (SSSR count). The largest absolute Gasteiger partial charge is 0.309 e. The lowest BCUT2D eigenvalue weighted by Gasteiger charge is -2.12. The molecular formula is C56H36N6. The molecule has 0 radical (unpaired) electrons. The van der Waals surface area contributed by atoms with E-state index in [4.69, 9.17) is 19.9 Å². The zero-order valence-electron chi connectivity index (χ0n) is 33.5. The smallest absolute Gasteiger partial charge is 0.238 e. The zero-order valence-corrected chi connectivity index (χ0v) is 33.5. The van der Waals surface area contributed by atoms with E-state index < -0.39 is 0 Å². The van der Waals surface area contributed by atoms with Gasteiger partial charge in [-0.25, -0.2) is 9.97 Å². The minimum atomic E-state index is 0.549. The first-order valence-electron chi connectivity index (χ1n) is 20.8. The van der Waals surface area contributed by atoms with Crippen molar-refractivity contribution in [1.82, 2.24) is 29.1 Å². The second-order valence-electron chi connectivity index (χ2n) is 15.5. The second kappa shape index (κ2) is 14.7. The molecule has 4 heterocycles. The van der Waals surface area contributed by atoms with Gasteiger partial charge in [0.05, 0.1) is 33.5 Å². The Morgan fingerprint density at radius 1 is 0.258 bits per heavy atom. The molecule has 8 aromatic carbocycles. The first-order chi connectivity index (χ1) is 30.7. The van der Waals surface area contributed by atoms with Crippen molar-refractivity contribution in [2.45, 2.75) is 0 Å². The van der Waals surface area contributed by atoms with Gasteiger partial charge in [-0.2, -0.15) is 9.97 Å². The minimum Gasteiger partial charge on any atom is -0.309 e.